The van der Waals surface area contributed by atoms with Gasteiger partial charge in [-0.3, -0.25) is 0 Å². The number of benzene rings is 1. The zero-order valence-electron chi connectivity index (χ0n) is 15.1. The minimum Gasteiger partial charge on any atom is -0.399 e. The minimum atomic E-state index is -0.320. The first-order valence-electron chi connectivity index (χ1n) is 8.63. The summed E-state index contributed by atoms with van der Waals surface area (Å²) in [7, 11) is -0.320. The number of aryl methyl sites for hydroxylation is 2. The van der Waals surface area contributed by atoms with Crippen molar-refractivity contribution in [3.63, 3.8) is 0 Å². The zero-order valence-corrected chi connectivity index (χ0v) is 15.1. The highest BCUT2D eigenvalue weighted by atomic mass is 16.7. The first kappa shape index (κ1) is 16.5. The molecule has 0 N–H and O–H groups in total. The molecule has 0 aliphatic carbocycles. The molecule has 0 spiro atoms. The molecule has 2 aromatic rings. The first-order chi connectivity index (χ1) is 10.8. The van der Waals surface area contributed by atoms with Crippen molar-refractivity contribution in [3.05, 3.63) is 24.0 Å². The van der Waals surface area contributed by atoms with Crippen LogP contribution in [0.2, 0.25) is 0 Å². The van der Waals surface area contributed by atoms with E-state index in [0.29, 0.717) is 0 Å². The van der Waals surface area contributed by atoms with Crippen molar-refractivity contribution in [1.82, 2.24) is 9.55 Å². The Balaban J connectivity index is 2.02. The topological polar surface area (TPSA) is 36.3 Å². The van der Waals surface area contributed by atoms with Crippen LogP contribution in [-0.4, -0.2) is 27.9 Å². The molecule has 0 amide bonds. The smallest absolute Gasteiger partial charge is 0.399 e. The Morgan fingerprint density at radius 2 is 1.74 bits per heavy atom. The summed E-state index contributed by atoms with van der Waals surface area (Å²) < 4.78 is 14.7. The van der Waals surface area contributed by atoms with Gasteiger partial charge in [0.2, 0.25) is 0 Å². The lowest BCUT2D eigenvalue weighted by molar-refractivity contribution is 0.00578. The summed E-state index contributed by atoms with van der Waals surface area (Å²) in [6.07, 6.45) is 2.04. The van der Waals surface area contributed by atoms with Crippen LogP contribution in [0.15, 0.2) is 18.2 Å². The molecule has 124 valence electrons. The van der Waals surface area contributed by atoms with E-state index >= 15 is 0 Å². The predicted octanol–water partition coefficient (Wildman–Crippen LogP) is 3.31. The van der Waals surface area contributed by atoms with E-state index in [0.717, 1.165) is 36.2 Å². The van der Waals surface area contributed by atoms with Crippen LogP contribution in [0.4, 0.5) is 0 Å². The number of nitrogens with zero attached hydrogens (tertiary/aromatic N) is 2. The molecule has 0 saturated carbocycles. The van der Waals surface area contributed by atoms with Gasteiger partial charge in [0.05, 0.1) is 22.2 Å². The number of imidazole rings is 1. The van der Waals surface area contributed by atoms with Crippen LogP contribution in [0, 0.1) is 0 Å². The van der Waals surface area contributed by atoms with Gasteiger partial charge in [0.1, 0.15) is 5.82 Å². The lowest BCUT2D eigenvalue weighted by Crippen LogP contribution is -2.41. The number of aromatic nitrogens is 2. The van der Waals surface area contributed by atoms with E-state index < -0.39 is 0 Å². The van der Waals surface area contributed by atoms with Gasteiger partial charge in [0.15, 0.2) is 0 Å². The third kappa shape index (κ3) is 2.70. The monoisotopic (exact) mass is 314 g/mol. The van der Waals surface area contributed by atoms with Gasteiger partial charge in [0, 0.05) is 13.0 Å². The SMILES string of the molecule is CCCn1c(CC)nc2ccc(B3OC(C)(C)C(C)(C)O3)cc21. The number of rotatable bonds is 4. The van der Waals surface area contributed by atoms with E-state index in [-0.39, 0.29) is 18.3 Å². The number of fused-ring (bicyclic) bond motifs is 1. The first-order valence-corrected chi connectivity index (χ1v) is 8.63. The van der Waals surface area contributed by atoms with Crippen LogP contribution in [0.5, 0.6) is 0 Å². The number of hydrogen-bond acceptors (Lipinski definition) is 3. The molecule has 5 heteroatoms. The van der Waals surface area contributed by atoms with E-state index in [4.69, 9.17) is 14.3 Å². The summed E-state index contributed by atoms with van der Waals surface area (Å²) in [5.41, 5.74) is 2.66. The fraction of sp³-hybridized carbons (Fsp3) is 0.611. The van der Waals surface area contributed by atoms with Crippen molar-refractivity contribution < 1.29 is 9.31 Å². The van der Waals surface area contributed by atoms with Gasteiger partial charge in [-0.15, -0.1) is 0 Å². The molecule has 0 unspecified atom stereocenters. The Kier molecular flexibility index (Phi) is 4.05. The third-order valence-electron chi connectivity index (χ3n) is 5.14. The summed E-state index contributed by atoms with van der Waals surface area (Å²) in [5, 5.41) is 0. The van der Waals surface area contributed by atoms with Crippen LogP contribution >= 0.6 is 0 Å². The maximum atomic E-state index is 6.18. The van der Waals surface area contributed by atoms with Crippen LogP contribution in [0.1, 0.15) is 53.8 Å². The van der Waals surface area contributed by atoms with E-state index in [1.807, 2.05) is 0 Å². The van der Waals surface area contributed by atoms with E-state index in [9.17, 15) is 0 Å². The Morgan fingerprint density at radius 3 is 2.30 bits per heavy atom. The van der Waals surface area contributed by atoms with Crippen molar-refractivity contribution in [2.75, 3.05) is 0 Å². The maximum absolute atomic E-state index is 6.18. The highest BCUT2D eigenvalue weighted by Gasteiger charge is 2.51. The van der Waals surface area contributed by atoms with E-state index in [2.05, 4.69) is 64.3 Å². The standard InChI is InChI=1S/C18H27BN2O2/c1-7-11-21-15-12-13(9-10-14(15)20-16(21)8-2)19-22-17(3,4)18(5,6)23-19/h9-10,12H,7-8,11H2,1-6H3. The minimum absolute atomic E-state index is 0.315. The summed E-state index contributed by atoms with van der Waals surface area (Å²) in [6.45, 7) is 13.7. The van der Waals surface area contributed by atoms with E-state index in [1.165, 1.54) is 5.52 Å². The molecule has 1 aliphatic heterocycles. The van der Waals surface area contributed by atoms with Gasteiger partial charge < -0.3 is 13.9 Å². The van der Waals surface area contributed by atoms with Gasteiger partial charge in [-0.25, -0.2) is 4.98 Å². The lowest BCUT2D eigenvalue weighted by Gasteiger charge is -2.32. The molecule has 3 rings (SSSR count). The van der Waals surface area contributed by atoms with E-state index in [1.54, 1.807) is 0 Å². The second-order valence-electron chi connectivity index (χ2n) is 7.37. The summed E-state index contributed by atoms with van der Waals surface area (Å²) in [4.78, 5) is 4.76. The maximum Gasteiger partial charge on any atom is 0.494 e. The summed E-state index contributed by atoms with van der Waals surface area (Å²) >= 11 is 0. The normalized spacial score (nSPS) is 19.7. The Morgan fingerprint density at radius 1 is 1.09 bits per heavy atom. The summed E-state index contributed by atoms with van der Waals surface area (Å²) in [6, 6.07) is 6.34. The molecule has 23 heavy (non-hydrogen) atoms. The summed E-state index contributed by atoms with van der Waals surface area (Å²) in [5.74, 6) is 1.15. The van der Waals surface area contributed by atoms with Gasteiger partial charge in [-0.2, -0.15) is 0 Å². The molecule has 0 bridgehead atoms. The Hall–Kier alpha value is -1.33. The predicted molar refractivity (Wildman–Crippen MR) is 95.1 cm³/mol. The van der Waals surface area contributed by atoms with Crippen LogP contribution in [0.25, 0.3) is 11.0 Å². The molecule has 1 saturated heterocycles. The van der Waals surface area contributed by atoms with Crippen LogP contribution in [0.3, 0.4) is 0 Å². The molecule has 1 aromatic heterocycles. The quantitative estimate of drug-likeness (QED) is 0.812. The Labute approximate surface area is 139 Å². The Bertz CT molecular complexity index is 705. The highest BCUT2D eigenvalue weighted by molar-refractivity contribution is 6.62. The fourth-order valence-corrected chi connectivity index (χ4v) is 3.06. The molecule has 0 radical (unpaired) electrons. The largest absolute Gasteiger partial charge is 0.494 e. The average Bonchev–Trinajstić information content (AvgIpc) is 2.93. The van der Waals surface area contributed by atoms with Crippen molar-refractivity contribution in [1.29, 1.82) is 0 Å². The van der Waals surface area contributed by atoms with Crippen LogP contribution in [-0.2, 0) is 22.3 Å². The van der Waals surface area contributed by atoms with Crippen LogP contribution < -0.4 is 5.46 Å². The molecule has 0 atom stereocenters. The average molecular weight is 314 g/mol. The van der Waals surface area contributed by atoms with Crippen molar-refractivity contribution in [2.45, 2.75) is 72.1 Å². The number of hydrogen-bond donors (Lipinski definition) is 0. The van der Waals surface area contributed by atoms with Gasteiger partial charge in [-0.05, 0) is 51.7 Å². The third-order valence-corrected chi connectivity index (χ3v) is 5.14. The van der Waals surface area contributed by atoms with Gasteiger partial charge in [-0.1, -0.05) is 19.9 Å². The molecule has 2 heterocycles. The molecule has 1 fully saturated rings. The van der Waals surface area contributed by atoms with Crippen molar-refractivity contribution >= 4 is 23.6 Å². The molecular weight excluding hydrogens is 287 g/mol. The highest BCUT2D eigenvalue weighted by Crippen LogP contribution is 2.36. The van der Waals surface area contributed by atoms with Gasteiger partial charge in [0.25, 0.3) is 0 Å². The van der Waals surface area contributed by atoms with Crippen molar-refractivity contribution in [2.24, 2.45) is 0 Å². The second kappa shape index (κ2) is 5.64. The molecule has 1 aliphatic rings. The molecule has 1 aromatic carbocycles. The van der Waals surface area contributed by atoms with Crippen molar-refractivity contribution in [3.8, 4) is 0 Å². The molecule has 4 nitrogen and oxygen atoms in total. The fourth-order valence-electron chi connectivity index (χ4n) is 3.06. The second-order valence-corrected chi connectivity index (χ2v) is 7.37. The van der Waals surface area contributed by atoms with Gasteiger partial charge >= 0.3 is 7.12 Å². The zero-order chi connectivity index (χ0) is 16.8. The lowest BCUT2D eigenvalue weighted by atomic mass is 9.79. The molecular formula is C18H27BN2O2.